The molecule has 1 heteroatoms. The second-order valence-electron chi connectivity index (χ2n) is 14.4. The van der Waals surface area contributed by atoms with Gasteiger partial charge in [0.05, 0.1) is 0 Å². The molecule has 0 saturated carbocycles. The number of hydrogen-bond donors (Lipinski definition) is 0. The number of furan rings is 1. The summed E-state index contributed by atoms with van der Waals surface area (Å²) in [6, 6.07) is 74.7. The van der Waals surface area contributed by atoms with Crippen molar-refractivity contribution in [2.45, 2.75) is 0 Å². The summed E-state index contributed by atoms with van der Waals surface area (Å²) in [7, 11) is 0. The van der Waals surface area contributed by atoms with E-state index in [1.54, 1.807) is 0 Å². The molecule has 11 aromatic rings. The lowest BCUT2D eigenvalue weighted by Crippen LogP contribution is -1.91. The van der Waals surface area contributed by atoms with Gasteiger partial charge in [-0.2, -0.15) is 0 Å². The van der Waals surface area contributed by atoms with Crippen LogP contribution in [0.5, 0.6) is 0 Å². The van der Waals surface area contributed by atoms with E-state index >= 15 is 0 Å². The molecule has 0 N–H and O–H groups in total. The predicted octanol–water partition coefficient (Wildman–Crippen LogP) is 15.4. The standard InChI is InChI=1S/C54H34O/c1-2-14-36-31-42(30-29-35(36)13-1)40-18-10-16-38(33-40)37-15-9-17-39(32-37)41-19-11-20-43(34-41)52-45-22-3-5-24-47(45)53(48-25-6-4-23-46(48)52)50-27-12-26-49-44-21-7-8-28-51(44)55-54(49)50/h1-34H. The molecule has 0 aliphatic rings. The Hall–Kier alpha value is -7.22. The van der Waals surface area contributed by atoms with E-state index in [1.165, 1.54) is 82.4 Å². The summed E-state index contributed by atoms with van der Waals surface area (Å²) in [6.45, 7) is 0. The lowest BCUT2D eigenvalue weighted by Gasteiger charge is -2.18. The summed E-state index contributed by atoms with van der Waals surface area (Å²) in [5, 5.41) is 9.66. The first-order valence-electron chi connectivity index (χ1n) is 18.9. The summed E-state index contributed by atoms with van der Waals surface area (Å²) in [5.74, 6) is 0. The second kappa shape index (κ2) is 12.7. The summed E-state index contributed by atoms with van der Waals surface area (Å²) in [4.78, 5) is 0. The van der Waals surface area contributed by atoms with Crippen molar-refractivity contribution in [3.63, 3.8) is 0 Å². The van der Waals surface area contributed by atoms with Crippen LogP contribution in [0.2, 0.25) is 0 Å². The highest BCUT2D eigenvalue weighted by molar-refractivity contribution is 6.24. The Kier molecular flexibility index (Phi) is 7.25. The van der Waals surface area contributed by atoms with Gasteiger partial charge in [0.15, 0.2) is 0 Å². The molecule has 256 valence electrons. The van der Waals surface area contributed by atoms with Crippen LogP contribution in [0, 0.1) is 0 Å². The van der Waals surface area contributed by atoms with Gasteiger partial charge in [-0.15, -0.1) is 0 Å². The van der Waals surface area contributed by atoms with Gasteiger partial charge in [-0.3, -0.25) is 0 Å². The minimum atomic E-state index is 0.911. The van der Waals surface area contributed by atoms with Gasteiger partial charge < -0.3 is 4.42 Å². The summed E-state index contributed by atoms with van der Waals surface area (Å²) < 4.78 is 6.60. The first kappa shape index (κ1) is 31.3. The van der Waals surface area contributed by atoms with Crippen LogP contribution in [0.4, 0.5) is 0 Å². The Morgan fingerprint density at radius 3 is 1.31 bits per heavy atom. The van der Waals surface area contributed by atoms with Crippen molar-refractivity contribution in [2.75, 3.05) is 0 Å². The molecular formula is C54H34O. The van der Waals surface area contributed by atoms with Gasteiger partial charge in [-0.05, 0) is 107 Å². The molecule has 55 heavy (non-hydrogen) atoms. The van der Waals surface area contributed by atoms with E-state index in [1.807, 2.05) is 6.07 Å². The van der Waals surface area contributed by atoms with Crippen LogP contribution in [-0.4, -0.2) is 0 Å². The fourth-order valence-corrected chi connectivity index (χ4v) is 8.65. The van der Waals surface area contributed by atoms with Crippen molar-refractivity contribution >= 4 is 54.3 Å². The highest BCUT2D eigenvalue weighted by Gasteiger charge is 2.20. The van der Waals surface area contributed by atoms with E-state index in [2.05, 4.69) is 200 Å². The molecular weight excluding hydrogens is 665 g/mol. The maximum atomic E-state index is 6.60. The van der Waals surface area contributed by atoms with Crippen molar-refractivity contribution < 1.29 is 4.42 Å². The van der Waals surface area contributed by atoms with Crippen LogP contribution in [0.25, 0.3) is 110 Å². The van der Waals surface area contributed by atoms with Crippen molar-refractivity contribution in [1.29, 1.82) is 0 Å². The van der Waals surface area contributed by atoms with Gasteiger partial charge in [0.2, 0.25) is 0 Å². The van der Waals surface area contributed by atoms with Crippen LogP contribution in [0.1, 0.15) is 0 Å². The Balaban J connectivity index is 1.04. The highest BCUT2D eigenvalue weighted by Crippen LogP contribution is 2.47. The summed E-state index contributed by atoms with van der Waals surface area (Å²) >= 11 is 0. The molecule has 0 atom stereocenters. The van der Waals surface area contributed by atoms with Crippen molar-refractivity contribution in [3.8, 4) is 55.6 Å². The zero-order chi connectivity index (χ0) is 36.3. The molecule has 0 aliphatic carbocycles. The van der Waals surface area contributed by atoms with E-state index in [0.717, 1.165) is 27.5 Å². The predicted molar refractivity (Wildman–Crippen MR) is 233 cm³/mol. The third kappa shape index (κ3) is 5.24. The van der Waals surface area contributed by atoms with Crippen LogP contribution in [-0.2, 0) is 0 Å². The molecule has 0 spiro atoms. The molecule has 0 bridgehead atoms. The number of rotatable bonds is 5. The number of fused-ring (bicyclic) bond motifs is 6. The molecule has 10 aromatic carbocycles. The maximum absolute atomic E-state index is 6.60. The average molecular weight is 699 g/mol. The Morgan fingerprint density at radius 2 is 0.691 bits per heavy atom. The molecule has 1 heterocycles. The number of para-hydroxylation sites is 2. The fraction of sp³-hybridized carbons (Fsp3) is 0. The third-order valence-corrected chi connectivity index (χ3v) is 11.2. The van der Waals surface area contributed by atoms with Crippen LogP contribution in [0.15, 0.2) is 211 Å². The van der Waals surface area contributed by atoms with Crippen molar-refractivity contribution in [3.05, 3.63) is 206 Å². The summed E-state index contributed by atoms with van der Waals surface area (Å²) in [6.07, 6.45) is 0. The molecule has 0 saturated heterocycles. The first-order chi connectivity index (χ1) is 27.3. The van der Waals surface area contributed by atoms with E-state index in [9.17, 15) is 0 Å². The molecule has 0 amide bonds. The number of benzene rings is 10. The zero-order valence-corrected chi connectivity index (χ0v) is 30.0. The highest BCUT2D eigenvalue weighted by atomic mass is 16.3. The zero-order valence-electron chi connectivity index (χ0n) is 30.0. The van der Waals surface area contributed by atoms with Crippen molar-refractivity contribution in [1.82, 2.24) is 0 Å². The fourth-order valence-electron chi connectivity index (χ4n) is 8.65. The minimum Gasteiger partial charge on any atom is -0.455 e. The van der Waals surface area contributed by atoms with Gasteiger partial charge >= 0.3 is 0 Å². The van der Waals surface area contributed by atoms with Crippen LogP contribution in [0.3, 0.4) is 0 Å². The van der Waals surface area contributed by atoms with Gasteiger partial charge in [-0.25, -0.2) is 0 Å². The SMILES string of the molecule is c1cc(-c2cccc(-c3ccc4ccccc4c3)c2)cc(-c2cccc(-c3c4ccccc4c(-c4cccc5c4oc4ccccc45)c4ccccc34)c2)c1. The average Bonchev–Trinajstić information content (AvgIpc) is 3.65. The maximum Gasteiger partial charge on any atom is 0.143 e. The molecule has 0 unspecified atom stereocenters. The minimum absolute atomic E-state index is 0.911. The van der Waals surface area contributed by atoms with E-state index < -0.39 is 0 Å². The largest absolute Gasteiger partial charge is 0.455 e. The normalized spacial score (nSPS) is 11.6. The Labute approximate surface area is 319 Å². The van der Waals surface area contributed by atoms with Gasteiger partial charge in [0, 0.05) is 21.9 Å². The van der Waals surface area contributed by atoms with Gasteiger partial charge in [0.25, 0.3) is 0 Å². The second-order valence-corrected chi connectivity index (χ2v) is 14.4. The topological polar surface area (TPSA) is 13.1 Å². The lowest BCUT2D eigenvalue weighted by atomic mass is 9.85. The van der Waals surface area contributed by atoms with E-state index in [-0.39, 0.29) is 0 Å². The molecule has 1 aromatic heterocycles. The Morgan fingerprint density at radius 1 is 0.255 bits per heavy atom. The number of hydrogen-bond acceptors (Lipinski definition) is 1. The molecule has 11 rings (SSSR count). The summed E-state index contributed by atoms with van der Waals surface area (Å²) in [5.41, 5.74) is 13.8. The molecule has 1 nitrogen and oxygen atoms in total. The van der Waals surface area contributed by atoms with Crippen LogP contribution >= 0.6 is 0 Å². The molecule has 0 fully saturated rings. The molecule has 0 radical (unpaired) electrons. The lowest BCUT2D eigenvalue weighted by molar-refractivity contribution is 0.670. The first-order valence-corrected chi connectivity index (χ1v) is 18.9. The van der Waals surface area contributed by atoms with Crippen LogP contribution < -0.4 is 0 Å². The monoisotopic (exact) mass is 698 g/mol. The van der Waals surface area contributed by atoms with E-state index in [4.69, 9.17) is 4.42 Å². The molecule has 0 aliphatic heterocycles. The van der Waals surface area contributed by atoms with Gasteiger partial charge in [-0.1, -0.05) is 176 Å². The smallest absolute Gasteiger partial charge is 0.143 e. The van der Waals surface area contributed by atoms with Crippen molar-refractivity contribution in [2.24, 2.45) is 0 Å². The third-order valence-electron chi connectivity index (χ3n) is 11.2. The quantitative estimate of drug-likeness (QED) is 0.163. The Bertz CT molecular complexity index is 3210. The van der Waals surface area contributed by atoms with Gasteiger partial charge in [0.1, 0.15) is 11.2 Å². The van der Waals surface area contributed by atoms with E-state index in [0.29, 0.717) is 0 Å².